The maximum atomic E-state index is 12.7. The first-order valence-electron chi connectivity index (χ1n) is 6.71. The normalized spacial score (nSPS) is 16.6. The van der Waals surface area contributed by atoms with Crippen LogP contribution in [0.1, 0.15) is 36.8 Å². The number of benzene rings is 1. The van der Waals surface area contributed by atoms with Gasteiger partial charge in [0.15, 0.2) is 0 Å². The molecule has 1 aliphatic carbocycles. The summed E-state index contributed by atoms with van der Waals surface area (Å²) < 4.78 is 38.1. The minimum Gasteiger partial charge on any atom is -0.350 e. The third kappa shape index (κ3) is 4.49. The molecule has 0 spiro atoms. The summed E-state index contributed by atoms with van der Waals surface area (Å²) >= 11 is 5.53. The Labute approximate surface area is 126 Å². The van der Waals surface area contributed by atoms with Crippen molar-refractivity contribution in [2.45, 2.75) is 37.9 Å². The van der Waals surface area contributed by atoms with Crippen LogP contribution in [0.5, 0.6) is 0 Å². The van der Waals surface area contributed by atoms with Crippen LogP contribution in [-0.4, -0.2) is 11.9 Å². The second-order valence-electron chi connectivity index (χ2n) is 5.06. The average Bonchev–Trinajstić information content (AvgIpc) is 2.89. The van der Waals surface area contributed by atoms with Crippen LogP contribution in [0.25, 0.3) is 6.08 Å². The van der Waals surface area contributed by atoms with E-state index in [4.69, 9.17) is 11.6 Å². The summed E-state index contributed by atoms with van der Waals surface area (Å²) in [4.78, 5) is 11.7. The Bertz CT molecular complexity index is 548. The van der Waals surface area contributed by atoms with Gasteiger partial charge in [-0.05, 0) is 36.6 Å². The zero-order valence-corrected chi connectivity index (χ0v) is 12.0. The van der Waals surface area contributed by atoms with Crippen LogP contribution in [0.2, 0.25) is 5.02 Å². The van der Waals surface area contributed by atoms with Crippen molar-refractivity contribution in [3.05, 3.63) is 40.4 Å². The molecule has 0 saturated heterocycles. The summed E-state index contributed by atoms with van der Waals surface area (Å²) in [5, 5.41) is 2.48. The Balaban J connectivity index is 2.05. The molecule has 6 heteroatoms. The molecule has 1 amide bonds. The molecule has 0 radical (unpaired) electrons. The number of rotatable bonds is 3. The van der Waals surface area contributed by atoms with E-state index in [1.165, 1.54) is 24.3 Å². The molecule has 1 aromatic carbocycles. The van der Waals surface area contributed by atoms with Crippen LogP contribution in [0.15, 0.2) is 24.3 Å². The van der Waals surface area contributed by atoms with Crippen LogP contribution < -0.4 is 5.32 Å². The molecule has 21 heavy (non-hydrogen) atoms. The molecular weight excluding hydrogens is 303 g/mol. The lowest BCUT2D eigenvalue weighted by atomic mass is 10.1. The van der Waals surface area contributed by atoms with Gasteiger partial charge in [0.05, 0.1) is 10.6 Å². The standard InChI is InChI=1S/C15H15ClF3NO/c16-13-7-5-10(9-12(13)15(17,18)19)6-8-14(21)20-11-3-1-2-4-11/h5-9,11H,1-4H2,(H,20,21)/b8-6+. The van der Waals surface area contributed by atoms with Crippen LogP contribution in [0.3, 0.4) is 0 Å². The largest absolute Gasteiger partial charge is 0.417 e. The molecule has 1 saturated carbocycles. The van der Waals surface area contributed by atoms with Crippen molar-refractivity contribution < 1.29 is 18.0 Å². The smallest absolute Gasteiger partial charge is 0.350 e. The van der Waals surface area contributed by atoms with Gasteiger partial charge in [0, 0.05) is 12.1 Å². The third-order valence-corrected chi connectivity index (χ3v) is 3.75. The van der Waals surface area contributed by atoms with Gasteiger partial charge < -0.3 is 5.32 Å². The molecule has 1 N–H and O–H groups in total. The van der Waals surface area contributed by atoms with E-state index in [-0.39, 0.29) is 22.5 Å². The van der Waals surface area contributed by atoms with Crippen LogP contribution in [-0.2, 0) is 11.0 Å². The van der Waals surface area contributed by atoms with Crippen molar-refractivity contribution in [2.24, 2.45) is 0 Å². The van der Waals surface area contributed by atoms with Gasteiger partial charge in [-0.25, -0.2) is 0 Å². The van der Waals surface area contributed by atoms with E-state index in [1.807, 2.05) is 0 Å². The van der Waals surface area contributed by atoms with E-state index in [0.29, 0.717) is 0 Å². The summed E-state index contributed by atoms with van der Waals surface area (Å²) in [6.07, 6.45) is 2.21. The van der Waals surface area contributed by atoms with Gasteiger partial charge in [-0.1, -0.05) is 30.5 Å². The van der Waals surface area contributed by atoms with Crippen molar-refractivity contribution in [1.82, 2.24) is 5.32 Å². The fraction of sp³-hybridized carbons (Fsp3) is 0.400. The van der Waals surface area contributed by atoms with E-state index in [2.05, 4.69) is 5.32 Å². The number of carbonyl (C=O) groups is 1. The molecule has 1 fully saturated rings. The fourth-order valence-corrected chi connectivity index (χ4v) is 2.58. The van der Waals surface area contributed by atoms with Crippen molar-refractivity contribution >= 4 is 23.6 Å². The molecule has 0 aromatic heterocycles. The predicted molar refractivity (Wildman–Crippen MR) is 75.9 cm³/mol. The molecular formula is C15H15ClF3NO. The van der Waals surface area contributed by atoms with E-state index in [9.17, 15) is 18.0 Å². The molecule has 2 rings (SSSR count). The molecule has 1 aromatic rings. The number of amides is 1. The first-order chi connectivity index (χ1) is 9.86. The highest BCUT2D eigenvalue weighted by atomic mass is 35.5. The van der Waals surface area contributed by atoms with Gasteiger partial charge in [-0.2, -0.15) is 13.2 Å². The Kier molecular flexibility index (Phi) is 4.93. The number of alkyl halides is 3. The fourth-order valence-electron chi connectivity index (χ4n) is 2.36. The van der Waals surface area contributed by atoms with Crippen LogP contribution in [0, 0.1) is 0 Å². The summed E-state index contributed by atoms with van der Waals surface area (Å²) in [7, 11) is 0. The first kappa shape index (κ1) is 15.9. The summed E-state index contributed by atoms with van der Waals surface area (Å²) in [5.74, 6) is -0.287. The topological polar surface area (TPSA) is 29.1 Å². The lowest BCUT2D eigenvalue weighted by Crippen LogP contribution is -2.30. The maximum absolute atomic E-state index is 12.7. The molecule has 0 aliphatic heterocycles. The van der Waals surface area contributed by atoms with E-state index >= 15 is 0 Å². The predicted octanol–water partition coefficient (Wildman–Crippen LogP) is 4.43. The highest BCUT2D eigenvalue weighted by Crippen LogP contribution is 2.35. The lowest BCUT2D eigenvalue weighted by molar-refractivity contribution is -0.137. The summed E-state index contributed by atoms with van der Waals surface area (Å²) in [5.41, 5.74) is -0.615. The Morgan fingerprint density at radius 2 is 1.95 bits per heavy atom. The monoisotopic (exact) mass is 317 g/mol. The van der Waals surface area contributed by atoms with Gasteiger partial charge >= 0.3 is 6.18 Å². The lowest BCUT2D eigenvalue weighted by Gasteiger charge is -2.10. The van der Waals surface area contributed by atoms with Gasteiger partial charge in [-0.3, -0.25) is 4.79 Å². The summed E-state index contributed by atoms with van der Waals surface area (Å²) in [6.45, 7) is 0. The Morgan fingerprint density at radius 1 is 1.29 bits per heavy atom. The molecule has 1 aliphatic rings. The Morgan fingerprint density at radius 3 is 2.57 bits per heavy atom. The highest BCUT2D eigenvalue weighted by Gasteiger charge is 2.33. The second-order valence-corrected chi connectivity index (χ2v) is 5.47. The minimum atomic E-state index is -4.51. The number of hydrogen-bond acceptors (Lipinski definition) is 1. The van der Waals surface area contributed by atoms with Gasteiger partial charge in [0.1, 0.15) is 0 Å². The molecule has 0 atom stereocenters. The van der Waals surface area contributed by atoms with Crippen molar-refractivity contribution in [3.8, 4) is 0 Å². The number of hydrogen-bond donors (Lipinski definition) is 1. The van der Waals surface area contributed by atoms with E-state index in [1.54, 1.807) is 0 Å². The molecule has 114 valence electrons. The molecule has 2 nitrogen and oxygen atoms in total. The van der Waals surface area contributed by atoms with Crippen LogP contribution in [0.4, 0.5) is 13.2 Å². The zero-order chi connectivity index (χ0) is 15.5. The van der Waals surface area contributed by atoms with Crippen LogP contribution >= 0.6 is 11.6 Å². The quantitative estimate of drug-likeness (QED) is 0.821. The van der Waals surface area contributed by atoms with Gasteiger partial charge in [0.2, 0.25) is 5.91 Å². The van der Waals surface area contributed by atoms with Gasteiger partial charge in [-0.15, -0.1) is 0 Å². The van der Waals surface area contributed by atoms with E-state index < -0.39 is 11.7 Å². The first-order valence-corrected chi connectivity index (χ1v) is 7.09. The van der Waals surface area contributed by atoms with Crippen molar-refractivity contribution in [1.29, 1.82) is 0 Å². The van der Waals surface area contributed by atoms with Crippen molar-refractivity contribution in [3.63, 3.8) is 0 Å². The molecule has 0 heterocycles. The third-order valence-electron chi connectivity index (χ3n) is 3.42. The van der Waals surface area contributed by atoms with Crippen molar-refractivity contribution in [2.75, 3.05) is 0 Å². The van der Waals surface area contributed by atoms with E-state index in [0.717, 1.165) is 31.7 Å². The van der Waals surface area contributed by atoms with Gasteiger partial charge in [0.25, 0.3) is 0 Å². The number of halogens is 4. The number of nitrogens with one attached hydrogen (secondary N) is 1. The Hall–Kier alpha value is -1.49. The summed E-state index contributed by atoms with van der Waals surface area (Å²) in [6, 6.07) is 3.73. The zero-order valence-electron chi connectivity index (χ0n) is 11.2. The maximum Gasteiger partial charge on any atom is 0.417 e. The minimum absolute atomic E-state index is 0.179. The number of carbonyl (C=O) groups excluding carboxylic acids is 1. The molecule has 0 bridgehead atoms. The highest BCUT2D eigenvalue weighted by molar-refractivity contribution is 6.31. The molecule has 0 unspecified atom stereocenters. The SMILES string of the molecule is O=C(/C=C/c1ccc(Cl)c(C(F)(F)F)c1)NC1CCCC1. The average molecular weight is 318 g/mol. The second kappa shape index (κ2) is 6.52.